The Hall–Kier alpha value is -2.30. The van der Waals surface area contributed by atoms with E-state index >= 15 is 0 Å². The zero-order valence-electron chi connectivity index (χ0n) is 14.5. The number of oxazole rings is 1. The van der Waals surface area contributed by atoms with Crippen LogP contribution in [0.5, 0.6) is 0 Å². The second-order valence-electron chi connectivity index (χ2n) is 6.92. The summed E-state index contributed by atoms with van der Waals surface area (Å²) in [6.07, 6.45) is 0.847. The molecule has 0 aliphatic rings. The van der Waals surface area contributed by atoms with Crippen LogP contribution in [-0.4, -0.2) is 10.9 Å². The Bertz CT molecular complexity index is 712. The van der Waals surface area contributed by atoms with Crippen LogP contribution in [0.25, 0.3) is 0 Å². The summed E-state index contributed by atoms with van der Waals surface area (Å²) in [6.45, 7) is 10.0. The zero-order valence-corrected chi connectivity index (χ0v) is 14.5. The minimum Gasteiger partial charge on any atom is -0.445 e. The van der Waals surface area contributed by atoms with Crippen molar-refractivity contribution >= 4 is 17.3 Å². The molecule has 124 valence electrons. The van der Waals surface area contributed by atoms with Crippen LogP contribution in [-0.2, 0) is 16.6 Å². The van der Waals surface area contributed by atoms with Gasteiger partial charge in [0.05, 0.1) is 17.1 Å². The van der Waals surface area contributed by atoms with Crippen LogP contribution in [0.1, 0.15) is 50.1 Å². The number of rotatable bonds is 4. The molecule has 0 aliphatic carbocycles. The molecular formula is C18H25N3O2. The van der Waals surface area contributed by atoms with Crippen molar-refractivity contribution in [2.75, 3.05) is 11.1 Å². The third-order valence-electron chi connectivity index (χ3n) is 3.60. The third-order valence-corrected chi connectivity index (χ3v) is 3.60. The molecule has 0 fully saturated rings. The fraction of sp³-hybridized carbons (Fsp3) is 0.444. The lowest BCUT2D eigenvalue weighted by Gasteiger charge is -2.12. The van der Waals surface area contributed by atoms with Gasteiger partial charge in [-0.2, -0.15) is 0 Å². The van der Waals surface area contributed by atoms with Crippen LogP contribution in [0.15, 0.2) is 22.6 Å². The highest BCUT2D eigenvalue weighted by Crippen LogP contribution is 2.25. The van der Waals surface area contributed by atoms with E-state index in [1.807, 2.05) is 26.0 Å². The first-order valence-corrected chi connectivity index (χ1v) is 7.79. The average Bonchev–Trinajstić information content (AvgIpc) is 2.82. The third kappa shape index (κ3) is 4.34. The number of amides is 1. The Morgan fingerprint density at radius 1 is 1.30 bits per heavy atom. The summed E-state index contributed by atoms with van der Waals surface area (Å²) in [5.41, 5.74) is 8.85. The van der Waals surface area contributed by atoms with E-state index in [0.717, 1.165) is 17.0 Å². The molecule has 0 aliphatic heterocycles. The van der Waals surface area contributed by atoms with Crippen molar-refractivity contribution in [2.24, 2.45) is 0 Å². The monoisotopic (exact) mass is 315 g/mol. The van der Waals surface area contributed by atoms with Crippen molar-refractivity contribution in [3.63, 3.8) is 0 Å². The second kappa shape index (κ2) is 6.44. The van der Waals surface area contributed by atoms with Crippen LogP contribution in [0.2, 0.25) is 0 Å². The Morgan fingerprint density at radius 2 is 2.00 bits per heavy atom. The summed E-state index contributed by atoms with van der Waals surface area (Å²) >= 11 is 0. The van der Waals surface area contributed by atoms with Crippen LogP contribution < -0.4 is 11.1 Å². The van der Waals surface area contributed by atoms with E-state index in [1.54, 1.807) is 6.07 Å². The lowest BCUT2D eigenvalue weighted by Crippen LogP contribution is -2.14. The summed E-state index contributed by atoms with van der Waals surface area (Å²) in [6, 6.07) is 5.57. The normalized spacial score (nSPS) is 11.5. The first kappa shape index (κ1) is 17.1. The molecule has 0 saturated heterocycles. The van der Waals surface area contributed by atoms with Gasteiger partial charge in [0.2, 0.25) is 5.91 Å². The first-order chi connectivity index (χ1) is 10.7. The molecule has 0 bridgehead atoms. The van der Waals surface area contributed by atoms with E-state index in [1.165, 1.54) is 0 Å². The molecule has 1 aromatic carbocycles. The van der Waals surface area contributed by atoms with Crippen molar-refractivity contribution in [3.8, 4) is 0 Å². The van der Waals surface area contributed by atoms with E-state index < -0.39 is 0 Å². The van der Waals surface area contributed by atoms with Gasteiger partial charge in [0, 0.05) is 18.3 Å². The summed E-state index contributed by atoms with van der Waals surface area (Å²) in [5, 5.41) is 2.85. The summed E-state index contributed by atoms with van der Waals surface area (Å²) in [5.74, 6) is 1.38. The number of carbonyl (C=O) groups excluding carboxylic acids is 1. The minimum absolute atomic E-state index is 0.0876. The molecular weight excluding hydrogens is 290 g/mol. The molecule has 5 heteroatoms. The highest BCUT2D eigenvalue weighted by Gasteiger charge is 2.22. The molecule has 0 saturated carbocycles. The van der Waals surface area contributed by atoms with Crippen molar-refractivity contribution in [1.29, 1.82) is 0 Å². The van der Waals surface area contributed by atoms with Crippen molar-refractivity contribution in [3.05, 3.63) is 41.1 Å². The van der Waals surface area contributed by atoms with E-state index in [9.17, 15) is 4.79 Å². The van der Waals surface area contributed by atoms with Crippen molar-refractivity contribution < 1.29 is 9.21 Å². The number of aromatic nitrogens is 1. The number of benzene rings is 1. The van der Waals surface area contributed by atoms with E-state index in [4.69, 9.17) is 10.2 Å². The Morgan fingerprint density at radius 3 is 2.61 bits per heavy atom. The number of nitrogens with two attached hydrogens (primary N) is 1. The Labute approximate surface area is 137 Å². The smallest absolute Gasteiger partial charge is 0.224 e. The number of anilines is 2. The quantitative estimate of drug-likeness (QED) is 0.842. The van der Waals surface area contributed by atoms with Crippen LogP contribution in [0, 0.1) is 13.8 Å². The van der Waals surface area contributed by atoms with Gasteiger partial charge in [-0.3, -0.25) is 4.79 Å². The number of aryl methyl sites for hydroxylation is 3. The van der Waals surface area contributed by atoms with Crippen LogP contribution in [0.4, 0.5) is 11.4 Å². The fourth-order valence-corrected chi connectivity index (χ4v) is 2.20. The summed E-state index contributed by atoms with van der Waals surface area (Å²) in [7, 11) is 0. The number of carbonyl (C=O) groups is 1. The SMILES string of the molecule is Cc1ccc(N)c(NC(=O)CCc2oc(C(C)(C)C)nc2C)c1. The van der Waals surface area contributed by atoms with E-state index in [2.05, 4.69) is 31.1 Å². The summed E-state index contributed by atoms with van der Waals surface area (Å²) < 4.78 is 5.81. The van der Waals surface area contributed by atoms with Gasteiger partial charge in [0.1, 0.15) is 5.76 Å². The predicted molar refractivity (Wildman–Crippen MR) is 92.5 cm³/mol. The highest BCUT2D eigenvalue weighted by atomic mass is 16.4. The Kier molecular flexibility index (Phi) is 4.78. The molecule has 0 unspecified atom stereocenters. The Balaban J connectivity index is 2.00. The molecule has 2 aromatic rings. The molecule has 5 nitrogen and oxygen atoms in total. The topological polar surface area (TPSA) is 81.1 Å². The maximum absolute atomic E-state index is 12.1. The minimum atomic E-state index is -0.138. The number of hydrogen-bond donors (Lipinski definition) is 2. The van der Waals surface area contributed by atoms with Crippen molar-refractivity contribution in [2.45, 2.75) is 52.9 Å². The zero-order chi connectivity index (χ0) is 17.2. The molecule has 0 radical (unpaired) electrons. The molecule has 2 rings (SSSR count). The average molecular weight is 315 g/mol. The standard InChI is InChI=1S/C18H25N3O2/c1-11-6-7-13(19)14(10-11)21-16(22)9-8-15-12(2)20-17(23-15)18(3,4)5/h6-7,10H,8-9,19H2,1-5H3,(H,21,22). The van der Waals surface area contributed by atoms with Gasteiger partial charge < -0.3 is 15.5 Å². The number of hydrogen-bond acceptors (Lipinski definition) is 4. The van der Waals surface area contributed by atoms with Crippen molar-refractivity contribution in [1.82, 2.24) is 4.98 Å². The van der Waals surface area contributed by atoms with E-state index in [0.29, 0.717) is 30.1 Å². The number of nitrogen functional groups attached to an aromatic ring is 1. The highest BCUT2D eigenvalue weighted by molar-refractivity contribution is 5.94. The molecule has 1 amide bonds. The lowest BCUT2D eigenvalue weighted by molar-refractivity contribution is -0.116. The molecule has 3 N–H and O–H groups in total. The van der Waals surface area contributed by atoms with E-state index in [-0.39, 0.29) is 11.3 Å². The number of nitrogens with zero attached hydrogens (tertiary/aromatic N) is 1. The first-order valence-electron chi connectivity index (χ1n) is 7.79. The van der Waals surface area contributed by atoms with Crippen LogP contribution in [0.3, 0.4) is 0 Å². The van der Waals surface area contributed by atoms with Gasteiger partial charge in [-0.15, -0.1) is 0 Å². The van der Waals surface area contributed by atoms with Crippen LogP contribution >= 0.6 is 0 Å². The largest absolute Gasteiger partial charge is 0.445 e. The lowest BCUT2D eigenvalue weighted by atomic mass is 9.97. The maximum Gasteiger partial charge on any atom is 0.224 e. The molecule has 1 heterocycles. The van der Waals surface area contributed by atoms with Gasteiger partial charge in [-0.05, 0) is 31.5 Å². The van der Waals surface area contributed by atoms with Gasteiger partial charge >= 0.3 is 0 Å². The summed E-state index contributed by atoms with van der Waals surface area (Å²) in [4.78, 5) is 16.6. The molecule has 0 atom stereocenters. The molecule has 0 spiro atoms. The van der Waals surface area contributed by atoms with Gasteiger partial charge in [0.25, 0.3) is 0 Å². The molecule has 1 aromatic heterocycles. The molecule has 23 heavy (non-hydrogen) atoms. The number of nitrogens with one attached hydrogen (secondary N) is 1. The van der Waals surface area contributed by atoms with Gasteiger partial charge in [-0.1, -0.05) is 26.8 Å². The van der Waals surface area contributed by atoms with Gasteiger partial charge in [0.15, 0.2) is 5.89 Å². The fourth-order valence-electron chi connectivity index (χ4n) is 2.20. The second-order valence-corrected chi connectivity index (χ2v) is 6.92. The maximum atomic E-state index is 12.1. The predicted octanol–water partition coefficient (Wildman–Crippen LogP) is 3.74. The van der Waals surface area contributed by atoms with Gasteiger partial charge in [-0.25, -0.2) is 4.98 Å².